The van der Waals surface area contributed by atoms with Crippen molar-refractivity contribution in [1.82, 2.24) is 15.1 Å². The highest BCUT2D eigenvalue weighted by Gasteiger charge is 2.26. The third-order valence-corrected chi connectivity index (χ3v) is 2.59. The Kier molecular flexibility index (Phi) is 2.70. The third kappa shape index (κ3) is 1.94. The van der Waals surface area contributed by atoms with Gasteiger partial charge in [0, 0.05) is 18.0 Å². The first-order valence-corrected chi connectivity index (χ1v) is 5.17. The molecule has 0 fully saturated rings. The van der Waals surface area contributed by atoms with E-state index in [0.29, 0.717) is 11.7 Å². The number of rotatable bonds is 3. The Labute approximate surface area is 93.7 Å². The van der Waals surface area contributed by atoms with E-state index in [1.165, 1.54) is 0 Å². The molecule has 5 nitrogen and oxygen atoms in total. The van der Waals surface area contributed by atoms with Gasteiger partial charge in [-0.25, -0.2) is 0 Å². The van der Waals surface area contributed by atoms with E-state index in [4.69, 9.17) is 10.3 Å². The van der Waals surface area contributed by atoms with Crippen molar-refractivity contribution in [2.75, 3.05) is 0 Å². The van der Waals surface area contributed by atoms with Crippen LogP contribution in [0.3, 0.4) is 0 Å². The lowest BCUT2D eigenvalue weighted by Gasteiger charge is -2.16. The van der Waals surface area contributed by atoms with Gasteiger partial charge >= 0.3 is 0 Å². The van der Waals surface area contributed by atoms with E-state index in [0.717, 1.165) is 12.0 Å². The third-order valence-electron chi connectivity index (χ3n) is 2.59. The molecule has 16 heavy (non-hydrogen) atoms. The number of hydrogen-bond donors (Lipinski definition) is 1. The van der Waals surface area contributed by atoms with Gasteiger partial charge in [0.1, 0.15) is 0 Å². The van der Waals surface area contributed by atoms with Crippen molar-refractivity contribution in [1.29, 1.82) is 0 Å². The van der Waals surface area contributed by atoms with Crippen molar-refractivity contribution >= 4 is 0 Å². The summed E-state index contributed by atoms with van der Waals surface area (Å²) in [7, 11) is 0. The van der Waals surface area contributed by atoms with E-state index < -0.39 is 5.54 Å². The molecule has 2 rings (SSSR count). The fraction of sp³-hybridized carbons (Fsp3) is 0.364. The van der Waals surface area contributed by atoms with Gasteiger partial charge in [0.05, 0.1) is 5.54 Å². The van der Waals surface area contributed by atoms with Gasteiger partial charge in [-0.1, -0.05) is 12.1 Å². The molecule has 0 aliphatic heterocycles. The van der Waals surface area contributed by atoms with Crippen molar-refractivity contribution in [3.8, 4) is 11.4 Å². The summed E-state index contributed by atoms with van der Waals surface area (Å²) in [5.41, 5.74) is 6.32. The number of hydrogen-bond acceptors (Lipinski definition) is 5. The van der Waals surface area contributed by atoms with E-state index in [-0.39, 0.29) is 0 Å². The summed E-state index contributed by atoms with van der Waals surface area (Å²) in [6.45, 7) is 3.85. The van der Waals surface area contributed by atoms with Crippen molar-refractivity contribution in [2.24, 2.45) is 5.73 Å². The lowest BCUT2D eigenvalue weighted by atomic mass is 10.0. The normalized spacial score (nSPS) is 14.7. The van der Waals surface area contributed by atoms with Crippen LogP contribution >= 0.6 is 0 Å². The van der Waals surface area contributed by atoms with Gasteiger partial charge < -0.3 is 10.3 Å². The van der Waals surface area contributed by atoms with Gasteiger partial charge in [0.2, 0.25) is 11.7 Å². The molecule has 2 aromatic rings. The first-order chi connectivity index (χ1) is 7.63. The summed E-state index contributed by atoms with van der Waals surface area (Å²) in [5.74, 6) is 1.00. The van der Waals surface area contributed by atoms with Gasteiger partial charge in [-0.3, -0.25) is 4.98 Å². The van der Waals surface area contributed by atoms with E-state index in [9.17, 15) is 0 Å². The van der Waals surface area contributed by atoms with Gasteiger partial charge in [-0.05, 0) is 25.5 Å². The summed E-state index contributed by atoms with van der Waals surface area (Å²) in [6.07, 6.45) is 4.12. The largest absolute Gasteiger partial charge is 0.337 e. The van der Waals surface area contributed by atoms with Gasteiger partial charge in [0.15, 0.2) is 0 Å². The topological polar surface area (TPSA) is 77.8 Å². The number of nitrogens with zero attached hydrogens (tertiary/aromatic N) is 3. The van der Waals surface area contributed by atoms with Crippen LogP contribution in [0, 0.1) is 0 Å². The standard InChI is InChI=1S/C11H14N4O/c1-3-11(2,12)10-14-9(15-16-10)8-4-6-13-7-5-8/h4-7H,3,12H2,1-2H3. The van der Waals surface area contributed by atoms with Crippen molar-refractivity contribution in [3.05, 3.63) is 30.4 Å². The first kappa shape index (κ1) is 10.8. The quantitative estimate of drug-likeness (QED) is 0.848. The van der Waals surface area contributed by atoms with Crippen LogP contribution in [-0.2, 0) is 5.54 Å². The zero-order chi connectivity index (χ0) is 11.6. The van der Waals surface area contributed by atoms with Crippen molar-refractivity contribution in [2.45, 2.75) is 25.8 Å². The molecule has 0 aliphatic carbocycles. The molecule has 0 saturated heterocycles. The van der Waals surface area contributed by atoms with Crippen LogP contribution in [0.4, 0.5) is 0 Å². The Hall–Kier alpha value is -1.75. The average molecular weight is 218 g/mol. The molecule has 2 heterocycles. The molecule has 0 radical (unpaired) electrons. The molecule has 0 amide bonds. The molecule has 2 N–H and O–H groups in total. The fourth-order valence-corrected chi connectivity index (χ4v) is 1.22. The second-order valence-corrected chi connectivity index (χ2v) is 3.93. The van der Waals surface area contributed by atoms with E-state index in [2.05, 4.69) is 15.1 Å². The van der Waals surface area contributed by atoms with Crippen LogP contribution < -0.4 is 5.73 Å². The molecule has 0 spiro atoms. The van der Waals surface area contributed by atoms with Gasteiger partial charge in [-0.15, -0.1) is 0 Å². The summed E-state index contributed by atoms with van der Waals surface area (Å²) in [5, 5.41) is 3.91. The van der Waals surface area contributed by atoms with Crippen molar-refractivity contribution < 1.29 is 4.52 Å². The predicted octanol–water partition coefficient (Wildman–Crippen LogP) is 1.72. The predicted molar refractivity (Wildman–Crippen MR) is 59.4 cm³/mol. The number of nitrogens with two attached hydrogens (primary N) is 1. The SMILES string of the molecule is CCC(C)(N)c1nc(-c2ccncc2)no1. The minimum Gasteiger partial charge on any atom is -0.337 e. The highest BCUT2D eigenvalue weighted by molar-refractivity contribution is 5.52. The molecule has 0 aromatic carbocycles. The van der Waals surface area contributed by atoms with Crippen LogP contribution in [0.15, 0.2) is 29.0 Å². The zero-order valence-corrected chi connectivity index (χ0v) is 9.34. The summed E-state index contributed by atoms with van der Waals surface area (Å²) in [4.78, 5) is 8.22. The molecule has 1 unspecified atom stereocenters. The minimum atomic E-state index is -0.571. The maximum Gasteiger partial charge on any atom is 0.246 e. The maximum absolute atomic E-state index is 6.02. The maximum atomic E-state index is 6.02. The Morgan fingerprint density at radius 2 is 2.06 bits per heavy atom. The second kappa shape index (κ2) is 4.02. The molecule has 5 heteroatoms. The number of pyridine rings is 1. The van der Waals surface area contributed by atoms with E-state index in [1.807, 2.05) is 26.0 Å². The van der Waals surface area contributed by atoms with E-state index >= 15 is 0 Å². The molecular weight excluding hydrogens is 204 g/mol. The Balaban J connectivity index is 2.34. The summed E-state index contributed by atoms with van der Waals surface area (Å²) < 4.78 is 5.17. The van der Waals surface area contributed by atoms with E-state index in [1.54, 1.807) is 12.4 Å². The first-order valence-electron chi connectivity index (χ1n) is 5.17. The molecule has 2 aromatic heterocycles. The second-order valence-electron chi connectivity index (χ2n) is 3.93. The lowest BCUT2D eigenvalue weighted by Crippen LogP contribution is -2.32. The minimum absolute atomic E-state index is 0.460. The average Bonchev–Trinajstić information content (AvgIpc) is 2.80. The fourth-order valence-electron chi connectivity index (χ4n) is 1.22. The van der Waals surface area contributed by atoms with Crippen LogP contribution in [-0.4, -0.2) is 15.1 Å². The van der Waals surface area contributed by atoms with Crippen LogP contribution in [0.1, 0.15) is 26.2 Å². The monoisotopic (exact) mass is 218 g/mol. The molecule has 0 aliphatic rings. The molecule has 0 saturated carbocycles. The van der Waals surface area contributed by atoms with Crippen LogP contribution in [0.2, 0.25) is 0 Å². The number of aromatic nitrogens is 3. The summed E-state index contributed by atoms with van der Waals surface area (Å²) in [6, 6.07) is 3.66. The zero-order valence-electron chi connectivity index (χ0n) is 9.34. The van der Waals surface area contributed by atoms with Crippen LogP contribution in [0.25, 0.3) is 11.4 Å². The highest BCUT2D eigenvalue weighted by atomic mass is 16.5. The van der Waals surface area contributed by atoms with Gasteiger partial charge in [-0.2, -0.15) is 4.98 Å². The Morgan fingerprint density at radius 3 is 2.69 bits per heavy atom. The van der Waals surface area contributed by atoms with Crippen molar-refractivity contribution in [3.63, 3.8) is 0 Å². The molecular formula is C11H14N4O. The summed E-state index contributed by atoms with van der Waals surface area (Å²) >= 11 is 0. The smallest absolute Gasteiger partial charge is 0.246 e. The van der Waals surface area contributed by atoms with Crippen LogP contribution in [0.5, 0.6) is 0 Å². The molecule has 1 atom stereocenters. The molecule has 84 valence electrons. The Bertz CT molecular complexity index is 464. The Morgan fingerprint density at radius 1 is 1.38 bits per heavy atom. The lowest BCUT2D eigenvalue weighted by molar-refractivity contribution is 0.291. The molecule has 0 bridgehead atoms. The van der Waals surface area contributed by atoms with Gasteiger partial charge in [0.25, 0.3) is 0 Å². The highest BCUT2D eigenvalue weighted by Crippen LogP contribution is 2.22.